The van der Waals surface area contributed by atoms with Crippen LogP contribution >= 0.6 is 0 Å². The average Bonchev–Trinajstić information content (AvgIpc) is 3.34. The third kappa shape index (κ3) is 3.72. The molecule has 2 aromatic rings. The molecule has 2 aliphatic heterocycles. The molecule has 0 saturated carbocycles. The highest BCUT2D eigenvalue weighted by Gasteiger charge is 2.39. The van der Waals surface area contributed by atoms with E-state index in [1.807, 2.05) is 51.1 Å². The Morgan fingerprint density at radius 1 is 0.933 bits per heavy atom. The molecule has 0 unspecified atom stereocenters. The number of nitrogens with one attached hydrogen (secondary N) is 1. The summed E-state index contributed by atoms with van der Waals surface area (Å²) >= 11 is 0. The molecule has 0 aromatic heterocycles. The second kappa shape index (κ2) is 8.34. The first kappa shape index (κ1) is 20.2. The predicted octanol–water partition coefficient (Wildman–Crippen LogP) is 4.51. The van der Waals surface area contributed by atoms with Crippen molar-refractivity contribution < 1.29 is 9.59 Å². The van der Waals surface area contributed by atoms with Gasteiger partial charge in [0.2, 0.25) is 0 Å². The van der Waals surface area contributed by atoms with Gasteiger partial charge < -0.3 is 10.2 Å². The number of carbonyl (C=O) groups excluding carboxylic acids is 2. The molecule has 2 aliphatic rings. The number of anilines is 2. The Labute approximate surface area is 178 Å². The minimum Gasteiger partial charge on any atom is -0.372 e. The Morgan fingerprint density at radius 2 is 1.63 bits per heavy atom. The lowest BCUT2D eigenvalue weighted by molar-refractivity contribution is -0.136. The fraction of sp³-hybridized carbons (Fsp3) is 0.360. The molecule has 1 fully saturated rings. The topological polar surface area (TPSA) is 52.7 Å². The van der Waals surface area contributed by atoms with Crippen molar-refractivity contribution in [1.29, 1.82) is 0 Å². The van der Waals surface area contributed by atoms with E-state index >= 15 is 0 Å². The lowest BCUT2D eigenvalue weighted by Crippen LogP contribution is -2.33. The summed E-state index contributed by atoms with van der Waals surface area (Å²) in [7, 11) is 0. The van der Waals surface area contributed by atoms with Gasteiger partial charge in [0, 0.05) is 31.0 Å². The molecule has 2 heterocycles. The summed E-state index contributed by atoms with van der Waals surface area (Å²) < 4.78 is 0. The SMILES string of the molecule is CCCN1C(=O)C(Nc2ccc(N3CCCC3)cc2)=C(c2ccc(C)cc2C)C1=O. The number of rotatable bonds is 6. The van der Waals surface area contributed by atoms with E-state index in [4.69, 9.17) is 0 Å². The zero-order valence-corrected chi connectivity index (χ0v) is 18.0. The summed E-state index contributed by atoms with van der Waals surface area (Å²) in [6.45, 7) is 8.59. The molecule has 1 N–H and O–H groups in total. The molecular weight excluding hydrogens is 374 g/mol. The van der Waals surface area contributed by atoms with E-state index in [9.17, 15) is 9.59 Å². The molecule has 0 bridgehead atoms. The van der Waals surface area contributed by atoms with Crippen molar-refractivity contribution in [2.75, 3.05) is 29.9 Å². The van der Waals surface area contributed by atoms with Crippen LogP contribution in [-0.4, -0.2) is 36.3 Å². The van der Waals surface area contributed by atoms with Crippen molar-refractivity contribution in [1.82, 2.24) is 4.90 Å². The summed E-state index contributed by atoms with van der Waals surface area (Å²) in [5, 5.41) is 3.27. The molecule has 2 amide bonds. The van der Waals surface area contributed by atoms with Crippen LogP contribution in [0.25, 0.3) is 5.57 Å². The zero-order chi connectivity index (χ0) is 21.3. The van der Waals surface area contributed by atoms with Crippen LogP contribution < -0.4 is 10.2 Å². The first-order valence-corrected chi connectivity index (χ1v) is 10.8. The first-order valence-electron chi connectivity index (χ1n) is 10.8. The van der Waals surface area contributed by atoms with Crippen LogP contribution in [0.1, 0.15) is 42.9 Å². The number of nitrogens with zero attached hydrogens (tertiary/aromatic N) is 2. The lowest BCUT2D eigenvalue weighted by atomic mass is 9.97. The summed E-state index contributed by atoms with van der Waals surface area (Å²) in [5.41, 5.74) is 5.79. The van der Waals surface area contributed by atoms with Crippen LogP contribution in [0, 0.1) is 13.8 Å². The number of benzene rings is 2. The molecule has 2 aromatic carbocycles. The molecule has 156 valence electrons. The minimum atomic E-state index is -0.250. The monoisotopic (exact) mass is 403 g/mol. The second-order valence-electron chi connectivity index (χ2n) is 8.20. The van der Waals surface area contributed by atoms with Gasteiger partial charge in [-0.05, 0) is 68.5 Å². The molecule has 0 aliphatic carbocycles. The number of carbonyl (C=O) groups is 2. The number of hydrogen-bond acceptors (Lipinski definition) is 4. The predicted molar refractivity (Wildman–Crippen MR) is 121 cm³/mol. The van der Waals surface area contributed by atoms with Gasteiger partial charge in [-0.3, -0.25) is 14.5 Å². The van der Waals surface area contributed by atoms with E-state index in [1.54, 1.807) is 0 Å². The largest absolute Gasteiger partial charge is 0.372 e. The van der Waals surface area contributed by atoms with Crippen molar-refractivity contribution in [2.24, 2.45) is 0 Å². The average molecular weight is 404 g/mol. The van der Waals surface area contributed by atoms with Gasteiger partial charge in [-0.15, -0.1) is 0 Å². The molecular formula is C25H29N3O2. The van der Waals surface area contributed by atoms with Crippen LogP contribution in [0.4, 0.5) is 11.4 Å². The van der Waals surface area contributed by atoms with Crippen molar-refractivity contribution in [3.63, 3.8) is 0 Å². The van der Waals surface area contributed by atoms with Gasteiger partial charge in [-0.2, -0.15) is 0 Å². The summed E-state index contributed by atoms with van der Waals surface area (Å²) in [6.07, 6.45) is 3.20. The van der Waals surface area contributed by atoms with E-state index < -0.39 is 0 Å². The Hall–Kier alpha value is -3.08. The molecule has 30 heavy (non-hydrogen) atoms. The number of aryl methyl sites for hydroxylation is 2. The molecule has 1 saturated heterocycles. The second-order valence-corrected chi connectivity index (χ2v) is 8.20. The smallest absolute Gasteiger partial charge is 0.278 e. The third-order valence-electron chi connectivity index (χ3n) is 5.87. The van der Waals surface area contributed by atoms with Crippen molar-refractivity contribution >= 4 is 28.8 Å². The maximum absolute atomic E-state index is 13.2. The standard InChI is InChI=1S/C25H29N3O2/c1-4-13-28-24(29)22(21-12-7-17(2)16-18(21)3)23(25(28)30)26-19-8-10-20(11-9-19)27-14-5-6-15-27/h7-12,16,26H,4-6,13-15H2,1-3H3. The molecule has 5 heteroatoms. The molecule has 4 rings (SSSR count). The zero-order valence-electron chi connectivity index (χ0n) is 18.0. The highest BCUT2D eigenvalue weighted by Crippen LogP contribution is 2.33. The van der Waals surface area contributed by atoms with Gasteiger partial charge in [-0.25, -0.2) is 0 Å². The maximum atomic E-state index is 13.2. The van der Waals surface area contributed by atoms with Crippen LogP contribution in [0.2, 0.25) is 0 Å². The van der Waals surface area contributed by atoms with Crippen LogP contribution in [0.5, 0.6) is 0 Å². The highest BCUT2D eigenvalue weighted by atomic mass is 16.2. The first-order chi connectivity index (χ1) is 14.5. The van der Waals surface area contributed by atoms with Crippen molar-refractivity contribution in [2.45, 2.75) is 40.0 Å². The van der Waals surface area contributed by atoms with E-state index in [1.165, 1.54) is 23.4 Å². The van der Waals surface area contributed by atoms with E-state index in [0.717, 1.165) is 41.9 Å². The highest BCUT2D eigenvalue weighted by molar-refractivity contribution is 6.36. The van der Waals surface area contributed by atoms with Crippen molar-refractivity contribution in [3.05, 3.63) is 64.9 Å². The third-order valence-corrected chi connectivity index (χ3v) is 5.87. The van der Waals surface area contributed by atoms with Gasteiger partial charge in [-0.1, -0.05) is 30.7 Å². The normalized spacial score (nSPS) is 16.8. The lowest BCUT2D eigenvalue weighted by Gasteiger charge is -2.18. The van der Waals surface area contributed by atoms with Gasteiger partial charge in [0.15, 0.2) is 0 Å². The number of imide groups is 1. The summed E-state index contributed by atoms with van der Waals surface area (Å²) in [4.78, 5) is 30.0. The molecule has 5 nitrogen and oxygen atoms in total. The fourth-order valence-corrected chi connectivity index (χ4v) is 4.34. The van der Waals surface area contributed by atoms with Crippen molar-refractivity contribution in [3.8, 4) is 0 Å². The fourth-order valence-electron chi connectivity index (χ4n) is 4.34. The van der Waals surface area contributed by atoms with Crippen LogP contribution in [0.15, 0.2) is 48.2 Å². The minimum absolute atomic E-state index is 0.218. The van der Waals surface area contributed by atoms with Gasteiger partial charge in [0.25, 0.3) is 11.8 Å². The molecule has 0 spiro atoms. The summed E-state index contributed by atoms with van der Waals surface area (Å²) in [6, 6.07) is 14.1. The van der Waals surface area contributed by atoms with E-state index in [2.05, 4.69) is 22.3 Å². The van der Waals surface area contributed by atoms with E-state index in [0.29, 0.717) is 17.8 Å². The molecule has 0 radical (unpaired) electrons. The number of amides is 2. The number of hydrogen-bond donors (Lipinski definition) is 1. The van der Waals surface area contributed by atoms with Crippen LogP contribution in [0.3, 0.4) is 0 Å². The Balaban J connectivity index is 1.70. The maximum Gasteiger partial charge on any atom is 0.278 e. The summed E-state index contributed by atoms with van der Waals surface area (Å²) in [5.74, 6) is -0.467. The van der Waals surface area contributed by atoms with Crippen LogP contribution in [-0.2, 0) is 9.59 Å². The Kier molecular flexibility index (Phi) is 5.62. The quantitative estimate of drug-likeness (QED) is 0.722. The van der Waals surface area contributed by atoms with Gasteiger partial charge in [0.1, 0.15) is 5.70 Å². The van der Waals surface area contributed by atoms with Gasteiger partial charge in [0.05, 0.1) is 5.57 Å². The Bertz CT molecular complexity index is 1000. The van der Waals surface area contributed by atoms with E-state index in [-0.39, 0.29) is 11.8 Å². The van der Waals surface area contributed by atoms with Gasteiger partial charge >= 0.3 is 0 Å². The molecule has 0 atom stereocenters. The Morgan fingerprint density at radius 3 is 2.27 bits per heavy atom.